The molecule has 0 aromatic carbocycles. The molecule has 0 aliphatic carbocycles. The molecule has 2 saturated heterocycles. The fraction of sp³-hybridized carbons (Fsp3) is 0.909. The van der Waals surface area contributed by atoms with E-state index < -0.39 is 0 Å². The van der Waals surface area contributed by atoms with Crippen molar-refractivity contribution in [3.63, 3.8) is 0 Å². The first-order chi connectivity index (χ1) is 6.20. The van der Waals surface area contributed by atoms with E-state index in [1.165, 1.54) is 32.4 Å². The van der Waals surface area contributed by atoms with Gasteiger partial charge in [0.05, 0.1) is 0 Å². The molecular weight excluding hydrogens is 424 g/mol. The average molecular weight is 444 g/mol. The standard InChI is InChI=1S/C11H20NO.Lr/c1-10-7-11(9-12(2)8-10)3-5-13-6-4-11;/h3-9H2,1-2H3;/q-1;. The zero-order valence-corrected chi connectivity index (χ0v) is 11.2. The quantitative estimate of drug-likeness (QED) is 0.528. The summed E-state index contributed by atoms with van der Waals surface area (Å²) in [5.74, 6) is 1.65. The number of ether oxygens (including phenoxy) is 1. The molecule has 2 rings (SSSR count). The van der Waals surface area contributed by atoms with Crippen LogP contribution in [0.1, 0.15) is 26.2 Å². The molecule has 2 fully saturated rings. The monoisotopic (exact) mass is 444 g/mol. The van der Waals surface area contributed by atoms with Gasteiger partial charge in [-0.25, -0.2) is 0 Å². The second-order valence-electron chi connectivity index (χ2n) is 4.92. The molecular formula is C11H20LrNO-. The van der Waals surface area contributed by atoms with Gasteiger partial charge in [0.15, 0.2) is 0 Å². The third-order valence-electron chi connectivity index (χ3n) is 3.38. The Bertz CT molecular complexity index is 168. The maximum absolute atomic E-state index is 5.44. The Kier molecular flexibility index (Phi) is 3.12. The van der Waals surface area contributed by atoms with Crippen molar-refractivity contribution in [2.45, 2.75) is 26.2 Å². The molecule has 2 aliphatic heterocycles. The van der Waals surface area contributed by atoms with Gasteiger partial charge in [0, 0.05) is 13.2 Å². The van der Waals surface area contributed by atoms with E-state index in [1.807, 2.05) is 0 Å². The molecule has 0 unspecified atom stereocenters. The SMILES string of the molecule is C[C-]1CN(C)CC2(CCOCC2)C1.[Lr]. The minimum absolute atomic E-state index is 0. The number of piperidine rings is 1. The van der Waals surface area contributed by atoms with Gasteiger partial charge in [-0.2, -0.15) is 13.3 Å². The van der Waals surface area contributed by atoms with Crippen molar-refractivity contribution < 1.29 is 4.74 Å². The van der Waals surface area contributed by atoms with Crippen molar-refractivity contribution in [3.8, 4) is 0 Å². The van der Waals surface area contributed by atoms with E-state index >= 15 is 0 Å². The molecule has 91 valence electrons. The van der Waals surface area contributed by atoms with Crippen LogP contribution in [0.15, 0.2) is 0 Å². The zero-order chi connectivity index (χ0) is 9.31. The molecule has 0 saturated carbocycles. The van der Waals surface area contributed by atoms with Crippen LogP contribution in [0, 0.1) is 11.3 Å². The Morgan fingerprint density at radius 1 is 1.29 bits per heavy atom. The predicted octanol–water partition coefficient (Wildman–Crippen LogP) is 1.71. The molecule has 14 heavy (non-hydrogen) atoms. The van der Waals surface area contributed by atoms with Gasteiger partial charge in [0.25, 0.3) is 0 Å². The van der Waals surface area contributed by atoms with Crippen LogP contribution in [-0.2, 0) is 4.74 Å². The number of hydrogen-bond acceptors (Lipinski definition) is 2. The number of likely N-dealkylation sites (tertiary alicyclic amines) is 1. The van der Waals surface area contributed by atoms with E-state index in [4.69, 9.17) is 4.74 Å². The summed E-state index contributed by atoms with van der Waals surface area (Å²) in [6, 6.07) is 0. The summed E-state index contributed by atoms with van der Waals surface area (Å²) in [5.41, 5.74) is 0.565. The molecule has 2 aliphatic rings. The van der Waals surface area contributed by atoms with Crippen molar-refractivity contribution in [1.29, 1.82) is 0 Å². The molecule has 0 N–H and O–H groups in total. The molecule has 2 nitrogen and oxygen atoms in total. The molecule has 0 aromatic heterocycles. The van der Waals surface area contributed by atoms with E-state index in [0.29, 0.717) is 5.41 Å². The summed E-state index contributed by atoms with van der Waals surface area (Å²) in [6.45, 7) is 6.71. The maximum atomic E-state index is 5.44. The van der Waals surface area contributed by atoms with Gasteiger partial charge < -0.3 is 15.6 Å². The van der Waals surface area contributed by atoms with Crippen LogP contribution in [0.25, 0.3) is 0 Å². The van der Waals surface area contributed by atoms with E-state index in [-0.39, 0.29) is 0 Å². The first-order valence-electron chi connectivity index (χ1n) is 5.28. The summed E-state index contributed by atoms with van der Waals surface area (Å²) < 4.78 is 5.44. The van der Waals surface area contributed by atoms with Crippen molar-refractivity contribution >= 4 is 0 Å². The molecule has 3 heteroatoms. The van der Waals surface area contributed by atoms with E-state index in [1.54, 1.807) is 5.92 Å². The molecule has 2 heterocycles. The Hall–Kier alpha value is -1.08. The smallest absolute Gasteiger partial charge is 0.0470 e. The zero-order valence-electron chi connectivity index (χ0n) is 9.06. The fourth-order valence-corrected chi connectivity index (χ4v) is 2.98. The molecule has 0 bridgehead atoms. The van der Waals surface area contributed by atoms with Gasteiger partial charge in [0.1, 0.15) is 0 Å². The first-order valence-corrected chi connectivity index (χ1v) is 5.28. The Morgan fingerprint density at radius 3 is 2.50 bits per heavy atom. The van der Waals surface area contributed by atoms with Gasteiger partial charge in [-0.15, -0.1) is 6.54 Å². The van der Waals surface area contributed by atoms with Crippen LogP contribution in [0.5, 0.6) is 0 Å². The summed E-state index contributed by atoms with van der Waals surface area (Å²) >= 11 is 0. The molecule has 1 spiro atoms. The molecule has 0 aromatic rings. The molecule has 1 radical (unpaired) electrons. The second-order valence-corrected chi connectivity index (χ2v) is 4.92. The topological polar surface area (TPSA) is 12.5 Å². The Morgan fingerprint density at radius 2 is 1.93 bits per heavy atom. The first kappa shape index (κ1) is 11.0. The van der Waals surface area contributed by atoms with Crippen molar-refractivity contribution in [1.82, 2.24) is 4.90 Å². The Labute approximate surface area is 81.3 Å². The van der Waals surface area contributed by atoms with Crippen molar-refractivity contribution in [2.75, 3.05) is 33.4 Å². The summed E-state index contributed by atoms with van der Waals surface area (Å²) in [4.78, 5) is 2.46. The van der Waals surface area contributed by atoms with Gasteiger partial charge in [-0.3, -0.25) is 0 Å². The largest absolute Gasteiger partial charge is 0.381 e. The maximum Gasteiger partial charge on any atom is 0.0470 e. The molecule has 0 amide bonds. The van der Waals surface area contributed by atoms with E-state index in [0.717, 1.165) is 13.2 Å². The van der Waals surface area contributed by atoms with Crippen LogP contribution in [0.4, 0.5) is 0 Å². The van der Waals surface area contributed by atoms with Crippen LogP contribution < -0.4 is 0 Å². The van der Waals surface area contributed by atoms with Gasteiger partial charge in [0.2, 0.25) is 0 Å². The van der Waals surface area contributed by atoms with Crippen LogP contribution >= 0.6 is 0 Å². The van der Waals surface area contributed by atoms with Gasteiger partial charge in [-0.05, 0) is 31.8 Å². The summed E-state index contributed by atoms with van der Waals surface area (Å²) in [6.07, 6.45) is 3.85. The number of rotatable bonds is 0. The minimum Gasteiger partial charge on any atom is -0.381 e. The summed E-state index contributed by atoms with van der Waals surface area (Å²) in [7, 11) is 2.24. The normalized spacial score (nSPS) is 28.7. The average Bonchev–Trinajstić information content (AvgIpc) is 2.02. The number of nitrogens with zero attached hydrogens (tertiary/aromatic N) is 1. The van der Waals surface area contributed by atoms with Crippen LogP contribution in [0.3, 0.4) is 0 Å². The predicted molar refractivity (Wildman–Crippen MR) is 53.5 cm³/mol. The summed E-state index contributed by atoms with van der Waals surface area (Å²) in [5, 5.41) is 0. The Balaban J connectivity index is 0.000000980. The minimum atomic E-state index is 0. The molecule has 0 atom stereocenters. The van der Waals surface area contributed by atoms with Crippen molar-refractivity contribution in [2.24, 2.45) is 5.41 Å². The van der Waals surface area contributed by atoms with Crippen molar-refractivity contribution in [3.05, 3.63) is 5.92 Å². The third-order valence-corrected chi connectivity index (χ3v) is 3.38. The number of hydrogen-bond donors (Lipinski definition) is 0. The second kappa shape index (κ2) is 3.97. The van der Waals surface area contributed by atoms with E-state index in [9.17, 15) is 0 Å². The van der Waals surface area contributed by atoms with Gasteiger partial charge >= 0.3 is 0 Å². The van der Waals surface area contributed by atoms with E-state index in [2.05, 4.69) is 18.9 Å². The fourth-order valence-electron chi connectivity index (χ4n) is 2.98. The van der Waals surface area contributed by atoms with Crippen LogP contribution in [0.2, 0.25) is 0 Å². The van der Waals surface area contributed by atoms with Crippen LogP contribution in [-0.4, -0.2) is 38.3 Å². The van der Waals surface area contributed by atoms with Gasteiger partial charge in [-0.1, -0.05) is 0 Å². The third kappa shape index (κ3) is 2.05.